The van der Waals surface area contributed by atoms with E-state index in [2.05, 4.69) is 46.2 Å². The Hall–Kier alpha value is -4.33. The van der Waals surface area contributed by atoms with Gasteiger partial charge in [-0.25, -0.2) is 4.79 Å². The van der Waals surface area contributed by atoms with Crippen LogP contribution < -0.4 is 20.4 Å². The number of carbonyl (C=O) groups is 2. The van der Waals surface area contributed by atoms with Crippen LogP contribution in [0.4, 0.5) is 28.1 Å². The number of nitrogens with one attached hydrogen (secondary N) is 2. The predicted octanol–water partition coefficient (Wildman–Crippen LogP) is 3.55. The van der Waals surface area contributed by atoms with Gasteiger partial charge in [-0.1, -0.05) is 0 Å². The van der Waals surface area contributed by atoms with Crippen molar-refractivity contribution in [1.82, 2.24) is 24.8 Å². The van der Waals surface area contributed by atoms with Crippen LogP contribution in [0.1, 0.15) is 37.0 Å². The molecular weight excluding hydrogens is 598 g/mol. The first kappa shape index (κ1) is 31.3. The van der Waals surface area contributed by atoms with Crippen molar-refractivity contribution >= 4 is 35.2 Å². The van der Waals surface area contributed by atoms with Crippen molar-refractivity contribution in [2.24, 2.45) is 0 Å². The molecule has 13 nitrogen and oxygen atoms in total. The van der Waals surface area contributed by atoms with Crippen LogP contribution in [0.25, 0.3) is 11.4 Å². The van der Waals surface area contributed by atoms with Gasteiger partial charge in [0.15, 0.2) is 5.82 Å². The number of ether oxygens (including phenoxy) is 2. The van der Waals surface area contributed by atoms with E-state index in [1.807, 2.05) is 29.2 Å². The van der Waals surface area contributed by atoms with E-state index in [0.717, 1.165) is 38.0 Å². The maximum Gasteiger partial charge on any atom is 0.323 e. The molecule has 3 amide bonds. The van der Waals surface area contributed by atoms with Crippen molar-refractivity contribution in [1.29, 1.82) is 0 Å². The summed E-state index contributed by atoms with van der Waals surface area (Å²) in [6, 6.07) is 14.7. The Bertz CT molecular complexity index is 1580. The number of nitrogens with zero attached hydrogens (tertiary/aromatic N) is 7. The van der Waals surface area contributed by atoms with E-state index >= 15 is 0 Å². The zero-order valence-electron chi connectivity index (χ0n) is 27.3. The summed E-state index contributed by atoms with van der Waals surface area (Å²) in [5, 5.41) is 5.75. The average molecular weight is 642 g/mol. The second-order valence-electron chi connectivity index (χ2n) is 13.4. The number of fused-ring (bicyclic) bond motifs is 2. The molecule has 2 unspecified atom stereocenters. The summed E-state index contributed by atoms with van der Waals surface area (Å²) < 4.78 is 11.4. The lowest BCUT2D eigenvalue weighted by molar-refractivity contribution is 0.0311. The lowest BCUT2D eigenvalue weighted by Gasteiger charge is -2.45. The minimum absolute atomic E-state index is 0.00179. The Morgan fingerprint density at radius 1 is 0.787 bits per heavy atom. The maximum atomic E-state index is 13.1. The van der Waals surface area contributed by atoms with Gasteiger partial charge in [-0.15, -0.1) is 0 Å². The van der Waals surface area contributed by atoms with Gasteiger partial charge in [-0.2, -0.15) is 15.0 Å². The highest BCUT2D eigenvalue weighted by molar-refractivity contribution is 6.00. The molecule has 2 bridgehead atoms. The van der Waals surface area contributed by atoms with Crippen LogP contribution in [-0.4, -0.2) is 121 Å². The number of anilines is 4. The van der Waals surface area contributed by atoms with Crippen LogP contribution in [-0.2, 0) is 9.47 Å². The largest absolute Gasteiger partial charge is 0.378 e. The maximum absolute atomic E-state index is 13.1. The molecule has 2 atom stereocenters. The molecule has 1 aromatic heterocycles. The summed E-state index contributed by atoms with van der Waals surface area (Å²) in [4.78, 5) is 49.3. The number of aromatic nitrogens is 3. The normalized spacial score (nSPS) is 22.7. The van der Waals surface area contributed by atoms with Gasteiger partial charge in [-0.3, -0.25) is 9.69 Å². The molecule has 4 aliphatic rings. The lowest BCUT2D eigenvalue weighted by atomic mass is 9.99. The highest BCUT2D eigenvalue weighted by Gasteiger charge is 2.39. The zero-order valence-corrected chi connectivity index (χ0v) is 27.3. The molecule has 2 N–H and O–H groups in total. The summed E-state index contributed by atoms with van der Waals surface area (Å²) >= 11 is 0. The Balaban J connectivity index is 1.01. The zero-order chi connectivity index (χ0) is 32.5. The summed E-state index contributed by atoms with van der Waals surface area (Å²) in [7, 11) is 2.09. The molecule has 4 aliphatic heterocycles. The van der Waals surface area contributed by atoms with Crippen molar-refractivity contribution in [2.45, 2.75) is 44.3 Å². The minimum Gasteiger partial charge on any atom is -0.378 e. The summed E-state index contributed by atoms with van der Waals surface area (Å²) in [5.74, 6) is 1.94. The van der Waals surface area contributed by atoms with Gasteiger partial charge < -0.3 is 34.8 Å². The van der Waals surface area contributed by atoms with E-state index in [1.165, 1.54) is 0 Å². The third-order valence-corrected chi connectivity index (χ3v) is 9.77. The molecule has 7 rings (SSSR count). The van der Waals surface area contributed by atoms with Crippen molar-refractivity contribution in [3.63, 3.8) is 0 Å². The number of amides is 3. The third kappa shape index (κ3) is 6.74. The number of morpholine rings is 2. The molecule has 5 heterocycles. The number of carbonyl (C=O) groups excluding carboxylic acids is 2. The van der Waals surface area contributed by atoms with Crippen molar-refractivity contribution < 1.29 is 19.1 Å². The molecule has 4 fully saturated rings. The predicted molar refractivity (Wildman–Crippen MR) is 180 cm³/mol. The minimum atomic E-state index is -0.377. The van der Waals surface area contributed by atoms with E-state index in [-0.39, 0.29) is 29.6 Å². The van der Waals surface area contributed by atoms with Crippen LogP contribution in [0.2, 0.25) is 0 Å². The van der Waals surface area contributed by atoms with E-state index in [4.69, 9.17) is 24.4 Å². The highest BCUT2D eigenvalue weighted by atomic mass is 16.5. The molecule has 47 heavy (non-hydrogen) atoms. The van der Waals surface area contributed by atoms with E-state index in [0.29, 0.717) is 74.2 Å². The molecule has 3 aromatic rings. The fourth-order valence-electron chi connectivity index (χ4n) is 6.75. The van der Waals surface area contributed by atoms with Gasteiger partial charge >= 0.3 is 6.03 Å². The molecule has 248 valence electrons. The molecule has 0 aliphatic carbocycles. The first-order chi connectivity index (χ1) is 22.7. The molecule has 4 saturated heterocycles. The fourth-order valence-corrected chi connectivity index (χ4v) is 6.75. The third-order valence-electron chi connectivity index (χ3n) is 9.77. The number of hydrogen-bond acceptors (Lipinski definition) is 10. The monoisotopic (exact) mass is 641 g/mol. The van der Waals surface area contributed by atoms with Crippen LogP contribution in [0.5, 0.6) is 0 Å². The SMILES string of the molecule is CN1CCN(C(=O)c2ccc(NC(=O)Nc3ccc(-c4nc(N5CCOCC5)nc(N5C6CCC5COC6)n4)cc3)cc2)CC1(C)C. The van der Waals surface area contributed by atoms with Crippen LogP contribution in [0.3, 0.4) is 0 Å². The molecule has 0 radical (unpaired) electrons. The van der Waals surface area contributed by atoms with Gasteiger partial charge in [0.25, 0.3) is 5.91 Å². The van der Waals surface area contributed by atoms with Gasteiger partial charge in [0.2, 0.25) is 11.9 Å². The Labute approximate surface area is 275 Å². The van der Waals surface area contributed by atoms with E-state index in [1.54, 1.807) is 24.3 Å². The topological polar surface area (TPSA) is 128 Å². The van der Waals surface area contributed by atoms with E-state index in [9.17, 15) is 9.59 Å². The summed E-state index contributed by atoms with van der Waals surface area (Å²) in [6.45, 7) is 10.6. The average Bonchev–Trinajstić information content (AvgIpc) is 3.34. The van der Waals surface area contributed by atoms with Crippen LogP contribution >= 0.6 is 0 Å². The number of piperazine rings is 1. The van der Waals surface area contributed by atoms with Gasteiger partial charge in [0, 0.05) is 60.8 Å². The van der Waals surface area contributed by atoms with Gasteiger partial charge in [0.1, 0.15) is 0 Å². The standard InChI is InChI=1S/C34H43N9O4/c1-34(2)22-42(15-14-40(34)3)30(44)24-6-10-26(11-7-24)36-33(45)35-25-8-4-23(5-9-25)29-37-31(41-16-18-46-19-17-41)39-32(38-29)43-27-12-13-28(43)21-47-20-27/h4-11,27-28H,12-22H2,1-3H3,(H2,35,36,45). The van der Waals surface area contributed by atoms with Gasteiger partial charge in [-0.05, 0) is 82.3 Å². The van der Waals surface area contributed by atoms with Crippen molar-refractivity contribution in [3.05, 3.63) is 54.1 Å². The molecule has 13 heteroatoms. The number of hydrogen-bond donors (Lipinski definition) is 2. The quantitative estimate of drug-likeness (QED) is 0.413. The Morgan fingerprint density at radius 2 is 1.40 bits per heavy atom. The lowest BCUT2D eigenvalue weighted by Crippen LogP contribution is -2.58. The number of rotatable bonds is 6. The highest BCUT2D eigenvalue weighted by Crippen LogP contribution is 2.34. The van der Waals surface area contributed by atoms with Crippen molar-refractivity contribution in [2.75, 3.05) is 86.6 Å². The van der Waals surface area contributed by atoms with Crippen LogP contribution in [0.15, 0.2) is 48.5 Å². The van der Waals surface area contributed by atoms with Crippen LogP contribution in [0, 0.1) is 0 Å². The first-order valence-corrected chi connectivity index (χ1v) is 16.5. The second-order valence-corrected chi connectivity index (χ2v) is 13.4. The van der Waals surface area contributed by atoms with Crippen molar-refractivity contribution in [3.8, 4) is 11.4 Å². The molecule has 0 saturated carbocycles. The number of benzene rings is 2. The van der Waals surface area contributed by atoms with E-state index < -0.39 is 0 Å². The molecular formula is C34H43N9O4. The second kappa shape index (κ2) is 13.1. The molecule has 2 aromatic carbocycles. The summed E-state index contributed by atoms with van der Waals surface area (Å²) in [5.41, 5.74) is 2.59. The fraction of sp³-hybridized carbons (Fsp3) is 0.500. The van der Waals surface area contributed by atoms with Gasteiger partial charge in [0.05, 0.1) is 38.5 Å². The number of urea groups is 1. The first-order valence-electron chi connectivity index (χ1n) is 16.5. The number of likely N-dealkylation sites (N-methyl/N-ethyl adjacent to an activating group) is 1. The summed E-state index contributed by atoms with van der Waals surface area (Å²) in [6.07, 6.45) is 2.14. The molecule has 0 spiro atoms. The Morgan fingerprint density at radius 3 is 2.04 bits per heavy atom. The smallest absolute Gasteiger partial charge is 0.323 e. The Kier molecular flexibility index (Phi) is 8.69.